The molecule has 84 valence electrons. The summed E-state index contributed by atoms with van der Waals surface area (Å²) in [5, 5.41) is 8.56. The molecule has 0 aromatic carbocycles. The summed E-state index contributed by atoms with van der Waals surface area (Å²) >= 11 is 0. The smallest absolute Gasteiger partial charge is 0.0433 e. The third kappa shape index (κ3) is 11.7. The van der Waals surface area contributed by atoms with Crippen molar-refractivity contribution in [3.8, 4) is 0 Å². The van der Waals surface area contributed by atoms with Gasteiger partial charge >= 0.3 is 0 Å². The number of rotatable bonds is 10. The molecule has 1 N–H and O–H groups in total. The van der Waals surface area contributed by atoms with Crippen LogP contribution < -0.4 is 0 Å². The average Bonchev–Trinajstić information content (AvgIpc) is 2.21. The molecule has 1 heteroatoms. The molecule has 0 spiro atoms. The standard InChI is InChI=1S/C13H26O/c1-2-3-4-5-6-7-8-9-10-11-12-13-14/h9-10,14H,2-8,11-13H2,1H3. The molecule has 0 saturated carbocycles. The fraction of sp³-hybridized carbons (Fsp3) is 0.846. The van der Waals surface area contributed by atoms with Gasteiger partial charge in [-0.3, -0.25) is 0 Å². The van der Waals surface area contributed by atoms with Gasteiger partial charge in [0.15, 0.2) is 0 Å². The van der Waals surface area contributed by atoms with Crippen LogP contribution in [0.3, 0.4) is 0 Å². The van der Waals surface area contributed by atoms with E-state index in [4.69, 9.17) is 5.11 Å². The largest absolute Gasteiger partial charge is 0.396 e. The molecule has 0 aliphatic carbocycles. The van der Waals surface area contributed by atoms with Crippen LogP contribution in [-0.4, -0.2) is 11.7 Å². The van der Waals surface area contributed by atoms with Crippen LogP contribution in [0.5, 0.6) is 0 Å². The van der Waals surface area contributed by atoms with Crippen LogP contribution in [0.1, 0.15) is 64.7 Å². The molecule has 0 aliphatic rings. The number of hydrogen-bond donors (Lipinski definition) is 1. The maximum Gasteiger partial charge on any atom is 0.0433 e. The van der Waals surface area contributed by atoms with Crippen LogP contribution in [0, 0.1) is 0 Å². The molecule has 1 nitrogen and oxygen atoms in total. The van der Waals surface area contributed by atoms with Gasteiger partial charge in [0, 0.05) is 6.61 Å². The zero-order chi connectivity index (χ0) is 10.5. The van der Waals surface area contributed by atoms with Gasteiger partial charge in [-0.2, -0.15) is 0 Å². The second-order valence-electron chi connectivity index (χ2n) is 3.89. The van der Waals surface area contributed by atoms with E-state index in [0.29, 0.717) is 6.61 Å². The molecule has 0 amide bonds. The van der Waals surface area contributed by atoms with E-state index >= 15 is 0 Å². The Morgan fingerprint density at radius 1 is 0.786 bits per heavy atom. The summed E-state index contributed by atoms with van der Waals surface area (Å²) in [6, 6.07) is 0. The van der Waals surface area contributed by atoms with Gasteiger partial charge < -0.3 is 5.11 Å². The van der Waals surface area contributed by atoms with Gasteiger partial charge in [-0.15, -0.1) is 0 Å². The first-order chi connectivity index (χ1) is 6.91. The highest BCUT2D eigenvalue weighted by Gasteiger charge is 1.87. The molecule has 0 aromatic rings. The third-order valence-corrected chi connectivity index (χ3v) is 2.42. The normalized spacial score (nSPS) is 11.3. The van der Waals surface area contributed by atoms with Crippen LogP contribution in [0.25, 0.3) is 0 Å². The molecule has 0 aromatic heterocycles. The third-order valence-electron chi connectivity index (χ3n) is 2.42. The average molecular weight is 198 g/mol. The maximum atomic E-state index is 8.56. The monoisotopic (exact) mass is 198 g/mol. The van der Waals surface area contributed by atoms with E-state index in [1.165, 1.54) is 44.9 Å². The lowest BCUT2D eigenvalue weighted by atomic mass is 10.1. The van der Waals surface area contributed by atoms with Crippen molar-refractivity contribution in [1.82, 2.24) is 0 Å². The van der Waals surface area contributed by atoms with Gasteiger partial charge in [0.2, 0.25) is 0 Å². The van der Waals surface area contributed by atoms with Crippen molar-refractivity contribution in [3.63, 3.8) is 0 Å². The fourth-order valence-corrected chi connectivity index (χ4v) is 1.49. The zero-order valence-corrected chi connectivity index (χ0v) is 9.67. The molecule has 0 aliphatic heterocycles. The molecule has 0 saturated heterocycles. The predicted octanol–water partition coefficient (Wildman–Crippen LogP) is 4.07. The molecular formula is C13H26O. The summed E-state index contributed by atoms with van der Waals surface area (Å²) in [5.74, 6) is 0. The van der Waals surface area contributed by atoms with Crippen LogP contribution in [-0.2, 0) is 0 Å². The number of aliphatic hydroxyl groups is 1. The molecule has 0 fully saturated rings. The molecule has 0 radical (unpaired) electrons. The van der Waals surface area contributed by atoms with Crippen molar-refractivity contribution in [2.75, 3.05) is 6.61 Å². The predicted molar refractivity (Wildman–Crippen MR) is 63.5 cm³/mol. The summed E-state index contributed by atoms with van der Waals surface area (Å²) in [6.45, 7) is 2.57. The lowest BCUT2D eigenvalue weighted by Gasteiger charge is -1.97. The number of aliphatic hydroxyl groups excluding tert-OH is 1. The zero-order valence-electron chi connectivity index (χ0n) is 9.67. The van der Waals surface area contributed by atoms with Gasteiger partial charge in [-0.25, -0.2) is 0 Å². The number of allylic oxidation sites excluding steroid dienone is 2. The first-order valence-corrected chi connectivity index (χ1v) is 6.17. The minimum atomic E-state index is 0.321. The van der Waals surface area contributed by atoms with Gasteiger partial charge in [0.1, 0.15) is 0 Å². The molecule has 0 heterocycles. The lowest BCUT2D eigenvalue weighted by Crippen LogP contribution is -1.79. The van der Waals surface area contributed by atoms with Crippen molar-refractivity contribution in [1.29, 1.82) is 0 Å². The van der Waals surface area contributed by atoms with E-state index in [1.807, 2.05) is 0 Å². The Morgan fingerprint density at radius 3 is 2.00 bits per heavy atom. The van der Waals surface area contributed by atoms with E-state index in [2.05, 4.69) is 19.1 Å². The summed E-state index contributed by atoms with van der Waals surface area (Å²) in [4.78, 5) is 0. The van der Waals surface area contributed by atoms with Crippen molar-refractivity contribution in [3.05, 3.63) is 12.2 Å². The Balaban J connectivity index is 2.94. The molecule has 14 heavy (non-hydrogen) atoms. The van der Waals surface area contributed by atoms with E-state index in [9.17, 15) is 0 Å². The molecule has 0 bridgehead atoms. The molecule has 0 rings (SSSR count). The SMILES string of the molecule is CCCCCCCCC=CCCCO. The minimum Gasteiger partial charge on any atom is -0.396 e. The van der Waals surface area contributed by atoms with Gasteiger partial charge in [0.25, 0.3) is 0 Å². The second-order valence-corrected chi connectivity index (χ2v) is 3.89. The summed E-state index contributed by atoms with van der Waals surface area (Å²) in [5.41, 5.74) is 0. The van der Waals surface area contributed by atoms with Crippen LogP contribution in [0.15, 0.2) is 12.2 Å². The summed E-state index contributed by atoms with van der Waals surface area (Å²) in [6.07, 6.45) is 15.9. The van der Waals surface area contributed by atoms with E-state index in [0.717, 1.165) is 12.8 Å². The number of hydrogen-bond acceptors (Lipinski definition) is 1. The highest BCUT2D eigenvalue weighted by atomic mass is 16.2. The summed E-state index contributed by atoms with van der Waals surface area (Å²) in [7, 11) is 0. The van der Waals surface area contributed by atoms with Gasteiger partial charge in [-0.05, 0) is 25.7 Å². The first-order valence-electron chi connectivity index (χ1n) is 6.17. The maximum absolute atomic E-state index is 8.56. The minimum absolute atomic E-state index is 0.321. The van der Waals surface area contributed by atoms with Gasteiger partial charge in [-0.1, -0.05) is 51.2 Å². The number of unbranched alkanes of at least 4 members (excludes halogenated alkanes) is 7. The van der Waals surface area contributed by atoms with Crippen LogP contribution in [0.4, 0.5) is 0 Å². The Hall–Kier alpha value is -0.300. The molecule has 0 atom stereocenters. The Morgan fingerprint density at radius 2 is 1.36 bits per heavy atom. The van der Waals surface area contributed by atoms with Crippen LogP contribution >= 0.6 is 0 Å². The van der Waals surface area contributed by atoms with Crippen molar-refractivity contribution in [2.24, 2.45) is 0 Å². The van der Waals surface area contributed by atoms with Crippen molar-refractivity contribution < 1.29 is 5.11 Å². The Bertz CT molecular complexity index is 118. The van der Waals surface area contributed by atoms with E-state index < -0.39 is 0 Å². The second kappa shape index (κ2) is 12.7. The summed E-state index contributed by atoms with van der Waals surface area (Å²) < 4.78 is 0. The van der Waals surface area contributed by atoms with E-state index in [-0.39, 0.29) is 0 Å². The highest BCUT2D eigenvalue weighted by molar-refractivity contribution is 4.81. The van der Waals surface area contributed by atoms with Crippen LogP contribution in [0.2, 0.25) is 0 Å². The van der Waals surface area contributed by atoms with Gasteiger partial charge in [0.05, 0.1) is 0 Å². The topological polar surface area (TPSA) is 20.2 Å². The van der Waals surface area contributed by atoms with E-state index in [1.54, 1.807) is 0 Å². The van der Waals surface area contributed by atoms with Crippen molar-refractivity contribution in [2.45, 2.75) is 64.7 Å². The first kappa shape index (κ1) is 13.7. The quantitative estimate of drug-likeness (QED) is 0.414. The highest BCUT2D eigenvalue weighted by Crippen LogP contribution is 2.07. The Kier molecular flexibility index (Phi) is 12.4. The lowest BCUT2D eigenvalue weighted by molar-refractivity contribution is 0.289. The molecule has 0 unspecified atom stereocenters. The van der Waals surface area contributed by atoms with Crippen molar-refractivity contribution >= 4 is 0 Å². The Labute approximate surface area is 89.2 Å². The fourth-order valence-electron chi connectivity index (χ4n) is 1.49. The molecular weight excluding hydrogens is 172 g/mol.